The van der Waals surface area contributed by atoms with Crippen molar-refractivity contribution in [1.82, 2.24) is 24.9 Å². The van der Waals surface area contributed by atoms with Gasteiger partial charge in [0.25, 0.3) is 0 Å². The zero-order valence-electron chi connectivity index (χ0n) is 15.9. The molecule has 0 saturated heterocycles. The van der Waals surface area contributed by atoms with Gasteiger partial charge in [-0.25, -0.2) is 0 Å². The zero-order chi connectivity index (χ0) is 18.3. The van der Waals surface area contributed by atoms with Gasteiger partial charge in [0, 0.05) is 51.9 Å². The Morgan fingerprint density at radius 1 is 1.28 bits per heavy atom. The molecule has 0 N–H and O–H groups in total. The molecule has 25 heavy (non-hydrogen) atoms. The van der Waals surface area contributed by atoms with E-state index in [1.807, 2.05) is 62.5 Å². The van der Waals surface area contributed by atoms with Crippen LogP contribution in [0, 0.1) is 13.8 Å². The molecule has 3 heterocycles. The van der Waals surface area contributed by atoms with E-state index in [0.29, 0.717) is 13.1 Å². The van der Waals surface area contributed by atoms with Crippen LogP contribution in [0.5, 0.6) is 0 Å². The Balaban J connectivity index is 1.83. The lowest BCUT2D eigenvalue weighted by Gasteiger charge is -2.30. The van der Waals surface area contributed by atoms with Gasteiger partial charge in [0.1, 0.15) is 0 Å². The molecule has 0 aliphatic carbocycles. The number of nitrogens with zero attached hydrogens (tertiary/aromatic N) is 6. The van der Waals surface area contributed by atoms with E-state index in [2.05, 4.69) is 15.3 Å². The van der Waals surface area contributed by atoms with Crippen molar-refractivity contribution >= 4 is 11.7 Å². The molecule has 0 radical (unpaired) electrons. The number of fused-ring (bicyclic) bond motifs is 1. The highest BCUT2D eigenvalue weighted by molar-refractivity contribution is 5.84. The summed E-state index contributed by atoms with van der Waals surface area (Å²) in [7, 11) is 5.80. The van der Waals surface area contributed by atoms with E-state index in [-0.39, 0.29) is 11.8 Å². The summed E-state index contributed by atoms with van der Waals surface area (Å²) in [6.45, 7) is 7.24. The fraction of sp³-hybridized carbons (Fsp3) is 0.556. The van der Waals surface area contributed by atoms with Gasteiger partial charge < -0.3 is 9.80 Å². The summed E-state index contributed by atoms with van der Waals surface area (Å²) in [6, 6.07) is 2.03. The van der Waals surface area contributed by atoms with E-state index in [1.165, 1.54) is 0 Å². The molecule has 0 saturated carbocycles. The number of anilines is 1. The average molecular weight is 342 g/mol. The first kappa shape index (κ1) is 17.4. The van der Waals surface area contributed by atoms with Crippen LogP contribution in [0.4, 0.5) is 5.82 Å². The molecule has 7 nitrogen and oxygen atoms in total. The Bertz CT molecular complexity index is 810. The lowest BCUT2D eigenvalue weighted by atomic mass is 9.96. The first-order valence-corrected chi connectivity index (χ1v) is 8.61. The zero-order valence-corrected chi connectivity index (χ0v) is 15.9. The molecule has 7 heteroatoms. The first-order valence-electron chi connectivity index (χ1n) is 8.61. The highest BCUT2D eigenvalue weighted by Crippen LogP contribution is 2.27. The summed E-state index contributed by atoms with van der Waals surface area (Å²) in [6.07, 6.45) is 0.750. The van der Waals surface area contributed by atoms with Crippen LogP contribution >= 0.6 is 0 Å². The summed E-state index contributed by atoms with van der Waals surface area (Å²) in [4.78, 5) is 16.9. The number of aromatic nitrogens is 4. The smallest absolute Gasteiger partial charge is 0.230 e. The van der Waals surface area contributed by atoms with Gasteiger partial charge in [-0.05, 0) is 32.4 Å². The molecule has 0 bridgehead atoms. The second-order valence-electron chi connectivity index (χ2n) is 7.01. The second-order valence-corrected chi connectivity index (χ2v) is 7.01. The largest absolute Gasteiger partial charge is 0.361 e. The highest BCUT2D eigenvalue weighted by atomic mass is 16.2. The summed E-state index contributed by atoms with van der Waals surface area (Å²) in [5.41, 5.74) is 5.11. The fourth-order valence-electron chi connectivity index (χ4n) is 3.54. The number of hydrogen-bond donors (Lipinski definition) is 0. The Kier molecular flexibility index (Phi) is 4.49. The predicted molar refractivity (Wildman–Crippen MR) is 96.6 cm³/mol. The molecule has 0 spiro atoms. The number of carbonyl (C=O) groups is 1. The molecule has 0 fully saturated rings. The van der Waals surface area contributed by atoms with Crippen LogP contribution in [0.2, 0.25) is 0 Å². The minimum absolute atomic E-state index is 0.146. The van der Waals surface area contributed by atoms with Crippen LogP contribution < -0.4 is 4.90 Å². The third-order valence-electron chi connectivity index (χ3n) is 5.07. The van der Waals surface area contributed by atoms with Gasteiger partial charge in [-0.3, -0.25) is 9.48 Å². The van der Waals surface area contributed by atoms with Gasteiger partial charge in [-0.1, -0.05) is 0 Å². The maximum absolute atomic E-state index is 13.1. The van der Waals surface area contributed by atoms with E-state index < -0.39 is 0 Å². The van der Waals surface area contributed by atoms with Gasteiger partial charge in [-0.15, -0.1) is 5.10 Å². The Morgan fingerprint density at radius 2 is 2.00 bits per heavy atom. The third kappa shape index (κ3) is 3.10. The molecule has 1 aliphatic heterocycles. The normalized spacial score (nSPS) is 15.0. The van der Waals surface area contributed by atoms with Gasteiger partial charge >= 0.3 is 0 Å². The van der Waals surface area contributed by atoms with Crippen LogP contribution in [0.3, 0.4) is 0 Å². The van der Waals surface area contributed by atoms with E-state index in [1.54, 1.807) is 0 Å². The number of aryl methyl sites for hydroxylation is 2. The first-order chi connectivity index (χ1) is 11.8. The Morgan fingerprint density at radius 3 is 2.60 bits per heavy atom. The molecular formula is C18H26N6O. The lowest BCUT2D eigenvalue weighted by molar-refractivity contribution is -0.133. The van der Waals surface area contributed by atoms with Crippen molar-refractivity contribution in [3.05, 3.63) is 34.3 Å². The number of hydrogen-bond acceptors (Lipinski definition) is 5. The molecule has 1 aliphatic rings. The van der Waals surface area contributed by atoms with Crippen LogP contribution in [0.15, 0.2) is 6.07 Å². The van der Waals surface area contributed by atoms with Gasteiger partial charge in [-0.2, -0.15) is 10.2 Å². The molecule has 1 amide bonds. The quantitative estimate of drug-likeness (QED) is 0.847. The maximum atomic E-state index is 13.1. The Labute approximate surface area is 148 Å². The number of amides is 1. The van der Waals surface area contributed by atoms with Crippen molar-refractivity contribution in [2.45, 2.75) is 39.7 Å². The monoisotopic (exact) mass is 342 g/mol. The minimum atomic E-state index is -0.196. The lowest BCUT2D eigenvalue weighted by Crippen LogP contribution is -2.39. The molecule has 0 unspecified atom stereocenters. The third-order valence-corrected chi connectivity index (χ3v) is 5.07. The van der Waals surface area contributed by atoms with E-state index >= 15 is 0 Å². The average Bonchev–Trinajstić information content (AvgIpc) is 2.84. The standard InChI is InChI=1S/C18H26N6O/c1-11(17-12(2)21-23(6)13(17)3)18(25)24-8-7-15-14(10-24)9-16(20-19-15)22(4)5/h9,11H,7-8,10H2,1-6H3/t11-/m1/s1. The van der Waals surface area contributed by atoms with Crippen LogP contribution in [0.25, 0.3) is 0 Å². The molecular weight excluding hydrogens is 316 g/mol. The van der Waals surface area contributed by atoms with Crippen molar-refractivity contribution < 1.29 is 4.79 Å². The maximum Gasteiger partial charge on any atom is 0.230 e. The number of carbonyl (C=O) groups excluding carboxylic acids is 1. The van der Waals surface area contributed by atoms with Gasteiger partial charge in [0.05, 0.1) is 17.3 Å². The molecule has 2 aromatic heterocycles. The summed E-state index contributed by atoms with van der Waals surface area (Å²) < 4.78 is 1.85. The van der Waals surface area contributed by atoms with E-state index in [4.69, 9.17) is 0 Å². The molecule has 0 aromatic carbocycles. The summed E-state index contributed by atoms with van der Waals surface area (Å²) in [5.74, 6) is 0.770. The van der Waals surface area contributed by atoms with E-state index in [0.717, 1.165) is 40.4 Å². The van der Waals surface area contributed by atoms with Crippen molar-refractivity contribution in [2.75, 3.05) is 25.5 Å². The van der Waals surface area contributed by atoms with Crippen LogP contribution in [-0.2, 0) is 24.8 Å². The van der Waals surface area contributed by atoms with E-state index in [9.17, 15) is 4.79 Å². The highest BCUT2D eigenvalue weighted by Gasteiger charge is 2.29. The Hall–Kier alpha value is -2.44. The van der Waals surface area contributed by atoms with Gasteiger partial charge in [0.2, 0.25) is 5.91 Å². The van der Waals surface area contributed by atoms with Crippen LogP contribution in [0.1, 0.15) is 41.1 Å². The van der Waals surface area contributed by atoms with Crippen molar-refractivity contribution in [2.24, 2.45) is 7.05 Å². The van der Waals surface area contributed by atoms with Crippen molar-refractivity contribution in [3.8, 4) is 0 Å². The van der Waals surface area contributed by atoms with Crippen LogP contribution in [-0.4, -0.2) is 51.4 Å². The second kappa shape index (κ2) is 6.46. The van der Waals surface area contributed by atoms with Crippen molar-refractivity contribution in [1.29, 1.82) is 0 Å². The number of rotatable bonds is 3. The van der Waals surface area contributed by atoms with Gasteiger partial charge in [0.15, 0.2) is 5.82 Å². The SMILES string of the molecule is Cc1nn(C)c(C)c1[C@@H](C)C(=O)N1CCc2nnc(N(C)C)cc2C1. The fourth-order valence-corrected chi connectivity index (χ4v) is 3.54. The topological polar surface area (TPSA) is 67.2 Å². The minimum Gasteiger partial charge on any atom is -0.361 e. The van der Waals surface area contributed by atoms with Crippen molar-refractivity contribution in [3.63, 3.8) is 0 Å². The predicted octanol–water partition coefficient (Wildman–Crippen LogP) is 1.58. The molecule has 134 valence electrons. The molecule has 2 aromatic rings. The summed E-state index contributed by atoms with van der Waals surface area (Å²) in [5, 5.41) is 13.0. The molecule has 3 rings (SSSR count). The molecule has 1 atom stereocenters. The summed E-state index contributed by atoms with van der Waals surface area (Å²) >= 11 is 0.